The molecule has 0 aliphatic heterocycles. The molecule has 0 amide bonds. The van der Waals surface area contributed by atoms with Crippen LogP contribution in [-0.2, 0) is 0 Å². The number of nitrogens with one attached hydrogen (secondary N) is 1. The van der Waals surface area contributed by atoms with Crippen LogP contribution in [0.1, 0.15) is 11.4 Å². The van der Waals surface area contributed by atoms with Crippen LogP contribution in [0.5, 0.6) is 0 Å². The summed E-state index contributed by atoms with van der Waals surface area (Å²) in [5.74, 6) is 0. The second-order valence-corrected chi connectivity index (χ2v) is 3.67. The molecule has 0 spiro atoms. The van der Waals surface area contributed by atoms with Crippen molar-refractivity contribution in [2.24, 2.45) is 0 Å². The van der Waals surface area contributed by atoms with Crippen LogP contribution < -0.4 is 11.1 Å². The number of hydrogen-bond donors (Lipinski definition) is 2. The molecule has 82 valence electrons. The molecular formula is C12H14N4. The van der Waals surface area contributed by atoms with E-state index in [2.05, 4.69) is 15.3 Å². The van der Waals surface area contributed by atoms with Crippen LogP contribution in [0.4, 0.5) is 17.1 Å². The van der Waals surface area contributed by atoms with Crippen molar-refractivity contribution in [2.75, 3.05) is 11.1 Å². The highest BCUT2D eigenvalue weighted by Crippen LogP contribution is 2.23. The largest absolute Gasteiger partial charge is 0.396 e. The van der Waals surface area contributed by atoms with Gasteiger partial charge < -0.3 is 11.1 Å². The van der Waals surface area contributed by atoms with Crippen LogP contribution in [0.15, 0.2) is 30.6 Å². The van der Waals surface area contributed by atoms with Crippen molar-refractivity contribution < 1.29 is 0 Å². The van der Waals surface area contributed by atoms with E-state index < -0.39 is 0 Å². The minimum Gasteiger partial charge on any atom is -0.396 e. The third-order valence-corrected chi connectivity index (χ3v) is 2.35. The van der Waals surface area contributed by atoms with Crippen molar-refractivity contribution in [2.45, 2.75) is 13.8 Å². The van der Waals surface area contributed by atoms with Gasteiger partial charge in [0.15, 0.2) is 0 Å². The van der Waals surface area contributed by atoms with Crippen molar-refractivity contribution in [3.63, 3.8) is 0 Å². The van der Waals surface area contributed by atoms with Gasteiger partial charge in [0.25, 0.3) is 0 Å². The van der Waals surface area contributed by atoms with Crippen molar-refractivity contribution in [1.82, 2.24) is 9.97 Å². The second-order valence-electron chi connectivity index (χ2n) is 3.67. The summed E-state index contributed by atoms with van der Waals surface area (Å²) in [6.45, 7) is 3.93. The Labute approximate surface area is 94.5 Å². The fourth-order valence-electron chi connectivity index (χ4n) is 1.48. The van der Waals surface area contributed by atoms with E-state index >= 15 is 0 Å². The van der Waals surface area contributed by atoms with Crippen LogP contribution in [0.3, 0.4) is 0 Å². The lowest BCUT2D eigenvalue weighted by molar-refractivity contribution is 1.12. The molecule has 0 aromatic carbocycles. The highest BCUT2D eigenvalue weighted by atomic mass is 14.9. The monoisotopic (exact) mass is 214 g/mol. The average Bonchev–Trinajstić information content (AvgIpc) is 2.25. The number of nitrogen functional groups attached to an aromatic ring is 1. The zero-order chi connectivity index (χ0) is 11.5. The Morgan fingerprint density at radius 3 is 2.62 bits per heavy atom. The summed E-state index contributed by atoms with van der Waals surface area (Å²) in [7, 11) is 0. The molecule has 0 saturated heterocycles. The zero-order valence-electron chi connectivity index (χ0n) is 9.36. The lowest BCUT2D eigenvalue weighted by atomic mass is 10.2. The van der Waals surface area contributed by atoms with Gasteiger partial charge in [0.05, 0.1) is 29.0 Å². The van der Waals surface area contributed by atoms with E-state index in [4.69, 9.17) is 5.73 Å². The van der Waals surface area contributed by atoms with E-state index in [0.29, 0.717) is 5.69 Å². The molecule has 0 saturated carbocycles. The van der Waals surface area contributed by atoms with Crippen LogP contribution in [0.25, 0.3) is 0 Å². The first kappa shape index (κ1) is 10.4. The molecule has 0 radical (unpaired) electrons. The molecule has 2 heterocycles. The predicted molar refractivity (Wildman–Crippen MR) is 65.6 cm³/mol. The van der Waals surface area contributed by atoms with Gasteiger partial charge in [-0.2, -0.15) is 0 Å². The molecule has 0 fully saturated rings. The van der Waals surface area contributed by atoms with Gasteiger partial charge in [0.1, 0.15) is 0 Å². The smallest absolute Gasteiger partial charge is 0.0739 e. The Hall–Kier alpha value is -2.10. The van der Waals surface area contributed by atoms with Gasteiger partial charge in [-0.1, -0.05) is 0 Å². The van der Waals surface area contributed by atoms with Crippen molar-refractivity contribution in [3.05, 3.63) is 42.0 Å². The predicted octanol–water partition coefficient (Wildman–Crippen LogP) is 2.42. The summed E-state index contributed by atoms with van der Waals surface area (Å²) >= 11 is 0. The summed E-state index contributed by atoms with van der Waals surface area (Å²) < 4.78 is 0. The molecule has 4 heteroatoms. The Morgan fingerprint density at radius 2 is 1.94 bits per heavy atom. The second kappa shape index (κ2) is 4.18. The van der Waals surface area contributed by atoms with Crippen molar-refractivity contribution in [1.29, 1.82) is 0 Å². The first-order valence-corrected chi connectivity index (χ1v) is 5.07. The van der Waals surface area contributed by atoms with Gasteiger partial charge >= 0.3 is 0 Å². The van der Waals surface area contributed by atoms with Crippen LogP contribution in [0.2, 0.25) is 0 Å². The molecular weight excluding hydrogens is 200 g/mol. The van der Waals surface area contributed by atoms with E-state index in [0.717, 1.165) is 22.8 Å². The Morgan fingerprint density at radius 1 is 1.12 bits per heavy atom. The fourth-order valence-corrected chi connectivity index (χ4v) is 1.48. The third kappa shape index (κ3) is 2.11. The molecule has 2 aromatic rings. The highest BCUT2D eigenvalue weighted by Gasteiger charge is 2.02. The fraction of sp³-hybridized carbons (Fsp3) is 0.167. The molecule has 0 aliphatic rings. The summed E-state index contributed by atoms with van der Waals surface area (Å²) in [5.41, 5.74) is 10.2. The number of nitrogens with two attached hydrogens (primary N) is 1. The first-order valence-electron chi connectivity index (χ1n) is 5.07. The Balaban J connectivity index is 2.31. The minimum absolute atomic E-state index is 0.627. The number of aryl methyl sites for hydroxylation is 2. The number of rotatable bonds is 2. The first-order chi connectivity index (χ1) is 7.66. The van der Waals surface area contributed by atoms with E-state index in [-0.39, 0.29) is 0 Å². The molecule has 16 heavy (non-hydrogen) atoms. The summed E-state index contributed by atoms with van der Waals surface area (Å²) in [5, 5.41) is 3.24. The van der Waals surface area contributed by atoms with Gasteiger partial charge in [0, 0.05) is 11.9 Å². The number of pyridine rings is 2. The molecule has 0 unspecified atom stereocenters. The zero-order valence-corrected chi connectivity index (χ0v) is 9.36. The van der Waals surface area contributed by atoms with Crippen molar-refractivity contribution in [3.8, 4) is 0 Å². The summed E-state index contributed by atoms with van der Waals surface area (Å²) in [6.07, 6.45) is 3.33. The lowest BCUT2D eigenvalue weighted by Crippen LogP contribution is -1.99. The minimum atomic E-state index is 0.627. The molecule has 0 aliphatic carbocycles. The molecule has 0 bridgehead atoms. The standard InChI is InChI=1S/C12H14N4/c1-8-3-4-11(9(2)15-8)16-12-5-6-14-7-10(12)13/h3-7H,13H2,1-2H3,(H,14,16). The molecule has 4 nitrogen and oxygen atoms in total. The number of anilines is 3. The highest BCUT2D eigenvalue weighted by molar-refractivity contribution is 5.72. The Bertz CT molecular complexity index is 508. The average molecular weight is 214 g/mol. The van der Waals surface area contributed by atoms with E-state index in [1.807, 2.05) is 32.0 Å². The quantitative estimate of drug-likeness (QED) is 0.805. The topological polar surface area (TPSA) is 63.8 Å². The molecule has 3 N–H and O–H groups in total. The normalized spacial score (nSPS) is 10.1. The number of nitrogens with zero attached hydrogens (tertiary/aromatic N) is 2. The number of aromatic nitrogens is 2. The van der Waals surface area contributed by atoms with E-state index in [1.54, 1.807) is 12.4 Å². The molecule has 0 atom stereocenters. The van der Waals surface area contributed by atoms with Crippen molar-refractivity contribution >= 4 is 17.1 Å². The number of hydrogen-bond acceptors (Lipinski definition) is 4. The van der Waals surface area contributed by atoms with Gasteiger partial charge in [-0.3, -0.25) is 9.97 Å². The van der Waals surface area contributed by atoms with Crippen LogP contribution >= 0.6 is 0 Å². The van der Waals surface area contributed by atoms with E-state index in [1.165, 1.54) is 0 Å². The third-order valence-electron chi connectivity index (χ3n) is 2.35. The molecule has 2 aromatic heterocycles. The summed E-state index contributed by atoms with van der Waals surface area (Å²) in [6, 6.07) is 5.80. The molecule has 2 rings (SSSR count). The maximum absolute atomic E-state index is 5.80. The van der Waals surface area contributed by atoms with Gasteiger partial charge in [-0.25, -0.2) is 0 Å². The van der Waals surface area contributed by atoms with E-state index in [9.17, 15) is 0 Å². The van der Waals surface area contributed by atoms with Gasteiger partial charge in [-0.05, 0) is 32.0 Å². The van der Waals surface area contributed by atoms with Crippen LogP contribution in [-0.4, -0.2) is 9.97 Å². The lowest BCUT2D eigenvalue weighted by Gasteiger charge is -2.10. The Kier molecular flexibility index (Phi) is 2.72. The van der Waals surface area contributed by atoms with Gasteiger partial charge in [-0.15, -0.1) is 0 Å². The maximum atomic E-state index is 5.80. The van der Waals surface area contributed by atoms with Gasteiger partial charge in [0.2, 0.25) is 0 Å². The van der Waals surface area contributed by atoms with Crippen LogP contribution in [0, 0.1) is 13.8 Å². The maximum Gasteiger partial charge on any atom is 0.0739 e. The summed E-state index contributed by atoms with van der Waals surface area (Å²) in [4.78, 5) is 8.32. The SMILES string of the molecule is Cc1ccc(Nc2ccncc2N)c(C)n1.